The molecule has 1 aromatic rings. The van der Waals surface area contributed by atoms with Gasteiger partial charge < -0.3 is 14.6 Å². The summed E-state index contributed by atoms with van der Waals surface area (Å²) in [5, 5.41) is 10.5. The van der Waals surface area contributed by atoms with Crippen molar-refractivity contribution in [3.8, 4) is 11.5 Å². The predicted molar refractivity (Wildman–Crippen MR) is 78.2 cm³/mol. The number of hydrogen-bond acceptors (Lipinski definition) is 3. The van der Waals surface area contributed by atoms with Crippen LogP contribution in [0.1, 0.15) is 63.0 Å². The molecule has 20 heavy (non-hydrogen) atoms. The van der Waals surface area contributed by atoms with E-state index in [-0.39, 0.29) is 5.60 Å². The molecule has 110 valence electrons. The average molecular weight is 276 g/mol. The first kappa shape index (κ1) is 13.7. The molecular formula is C17H24O3. The number of fused-ring (bicyclic) bond motifs is 1. The largest absolute Gasteiger partial charge is 0.497 e. The SMILES string of the molecule is COc1ccc2c(c1)OC1(CCCCCCC1)C[C@@H]2O. The lowest BCUT2D eigenvalue weighted by molar-refractivity contribution is -0.0314. The Morgan fingerprint density at radius 2 is 1.85 bits per heavy atom. The van der Waals surface area contributed by atoms with E-state index in [4.69, 9.17) is 9.47 Å². The minimum atomic E-state index is -0.413. The van der Waals surface area contributed by atoms with Crippen molar-refractivity contribution in [2.75, 3.05) is 7.11 Å². The van der Waals surface area contributed by atoms with Crippen molar-refractivity contribution in [2.24, 2.45) is 0 Å². The van der Waals surface area contributed by atoms with Crippen LogP contribution in [0.25, 0.3) is 0 Å². The van der Waals surface area contributed by atoms with Gasteiger partial charge in [-0.3, -0.25) is 0 Å². The molecule has 1 aliphatic heterocycles. The molecule has 3 rings (SSSR count). The monoisotopic (exact) mass is 276 g/mol. The highest BCUT2D eigenvalue weighted by Crippen LogP contribution is 2.46. The van der Waals surface area contributed by atoms with E-state index in [9.17, 15) is 5.11 Å². The Morgan fingerprint density at radius 3 is 2.55 bits per heavy atom. The summed E-state index contributed by atoms with van der Waals surface area (Å²) < 4.78 is 11.6. The van der Waals surface area contributed by atoms with E-state index in [0.29, 0.717) is 0 Å². The second-order valence-corrected chi connectivity index (χ2v) is 6.18. The molecule has 1 heterocycles. The minimum absolute atomic E-state index is 0.167. The van der Waals surface area contributed by atoms with Crippen LogP contribution in [-0.2, 0) is 0 Å². The predicted octanol–water partition coefficient (Wildman–Crippen LogP) is 3.99. The second kappa shape index (κ2) is 5.65. The van der Waals surface area contributed by atoms with Crippen LogP contribution in [0.3, 0.4) is 0 Å². The van der Waals surface area contributed by atoms with Crippen LogP contribution in [0.4, 0.5) is 0 Å². The van der Waals surface area contributed by atoms with Crippen LogP contribution in [-0.4, -0.2) is 17.8 Å². The van der Waals surface area contributed by atoms with Crippen molar-refractivity contribution in [2.45, 2.75) is 63.1 Å². The quantitative estimate of drug-likeness (QED) is 0.842. The number of aliphatic hydroxyl groups is 1. The standard InChI is InChI=1S/C17H24O3/c1-19-13-7-8-14-15(18)12-17(20-16(14)11-13)9-5-3-2-4-6-10-17/h7-8,11,15,18H,2-6,9-10,12H2,1H3/t15-/m0/s1. The topological polar surface area (TPSA) is 38.7 Å². The number of aliphatic hydroxyl groups excluding tert-OH is 1. The van der Waals surface area contributed by atoms with Gasteiger partial charge in [-0.1, -0.05) is 19.3 Å². The fourth-order valence-corrected chi connectivity index (χ4v) is 3.60. The Balaban J connectivity index is 1.88. The average Bonchev–Trinajstić information content (AvgIpc) is 2.43. The number of methoxy groups -OCH3 is 1. The van der Waals surface area contributed by atoms with Crippen molar-refractivity contribution in [3.63, 3.8) is 0 Å². The molecule has 1 spiro atoms. The molecule has 1 N–H and O–H groups in total. The van der Waals surface area contributed by atoms with Gasteiger partial charge in [0.25, 0.3) is 0 Å². The molecule has 2 aliphatic rings. The summed E-state index contributed by atoms with van der Waals surface area (Å²) in [7, 11) is 1.66. The van der Waals surface area contributed by atoms with Gasteiger partial charge in [0.1, 0.15) is 17.1 Å². The normalized spacial score (nSPS) is 25.2. The maximum absolute atomic E-state index is 10.5. The van der Waals surface area contributed by atoms with Gasteiger partial charge in [-0.15, -0.1) is 0 Å². The van der Waals surface area contributed by atoms with E-state index in [0.717, 1.165) is 36.3 Å². The van der Waals surface area contributed by atoms with Gasteiger partial charge >= 0.3 is 0 Å². The van der Waals surface area contributed by atoms with E-state index in [1.165, 1.54) is 32.1 Å². The Kier molecular flexibility index (Phi) is 3.88. The van der Waals surface area contributed by atoms with Gasteiger partial charge in [0, 0.05) is 18.1 Å². The molecular weight excluding hydrogens is 252 g/mol. The molecule has 0 amide bonds. The Hall–Kier alpha value is -1.22. The van der Waals surface area contributed by atoms with Gasteiger partial charge in [-0.25, -0.2) is 0 Å². The smallest absolute Gasteiger partial charge is 0.129 e. The van der Waals surface area contributed by atoms with Crippen LogP contribution in [0.5, 0.6) is 11.5 Å². The molecule has 3 nitrogen and oxygen atoms in total. The molecule has 1 aliphatic carbocycles. The van der Waals surface area contributed by atoms with E-state index in [1.807, 2.05) is 18.2 Å². The molecule has 1 fully saturated rings. The molecule has 0 bridgehead atoms. The molecule has 1 aromatic carbocycles. The van der Waals surface area contributed by atoms with Crippen LogP contribution in [0.15, 0.2) is 18.2 Å². The van der Waals surface area contributed by atoms with E-state index >= 15 is 0 Å². The third kappa shape index (κ3) is 2.64. The molecule has 0 saturated heterocycles. The van der Waals surface area contributed by atoms with Gasteiger partial charge in [-0.2, -0.15) is 0 Å². The summed E-state index contributed by atoms with van der Waals surface area (Å²) in [6.45, 7) is 0. The zero-order valence-electron chi connectivity index (χ0n) is 12.2. The third-order valence-electron chi connectivity index (χ3n) is 4.74. The fraction of sp³-hybridized carbons (Fsp3) is 0.647. The minimum Gasteiger partial charge on any atom is -0.497 e. The summed E-state index contributed by atoms with van der Waals surface area (Å²) in [5.74, 6) is 1.60. The molecule has 0 unspecified atom stereocenters. The van der Waals surface area contributed by atoms with E-state index in [2.05, 4.69) is 0 Å². The number of benzene rings is 1. The Bertz CT molecular complexity index is 461. The van der Waals surface area contributed by atoms with E-state index < -0.39 is 6.10 Å². The first-order valence-electron chi connectivity index (χ1n) is 7.77. The second-order valence-electron chi connectivity index (χ2n) is 6.18. The van der Waals surface area contributed by atoms with Crippen LogP contribution in [0.2, 0.25) is 0 Å². The summed E-state index contributed by atoms with van der Waals surface area (Å²) in [6, 6.07) is 5.73. The third-order valence-corrected chi connectivity index (χ3v) is 4.74. The first-order chi connectivity index (χ1) is 9.72. The molecule has 1 saturated carbocycles. The summed E-state index contributed by atoms with van der Waals surface area (Å²) >= 11 is 0. The van der Waals surface area contributed by atoms with Gasteiger partial charge in [0.05, 0.1) is 13.2 Å². The lowest BCUT2D eigenvalue weighted by Gasteiger charge is -2.42. The van der Waals surface area contributed by atoms with Gasteiger partial charge in [0.2, 0.25) is 0 Å². The molecule has 0 aromatic heterocycles. The van der Waals surface area contributed by atoms with E-state index in [1.54, 1.807) is 7.11 Å². The lowest BCUT2D eigenvalue weighted by atomic mass is 9.79. The highest BCUT2D eigenvalue weighted by atomic mass is 16.5. The Morgan fingerprint density at radius 1 is 1.15 bits per heavy atom. The van der Waals surface area contributed by atoms with Crippen molar-refractivity contribution >= 4 is 0 Å². The zero-order chi connectivity index (χ0) is 14.0. The fourth-order valence-electron chi connectivity index (χ4n) is 3.60. The van der Waals surface area contributed by atoms with Gasteiger partial charge in [-0.05, 0) is 37.8 Å². The van der Waals surface area contributed by atoms with Crippen LogP contribution < -0.4 is 9.47 Å². The summed E-state index contributed by atoms with van der Waals surface area (Å²) in [6.07, 6.45) is 8.73. The number of hydrogen-bond donors (Lipinski definition) is 1. The summed E-state index contributed by atoms with van der Waals surface area (Å²) in [5.41, 5.74) is 0.734. The van der Waals surface area contributed by atoms with Crippen molar-refractivity contribution in [1.82, 2.24) is 0 Å². The van der Waals surface area contributed by atoms with Crippen LogP contribution >= 0.6 is 0 Å². The van der Waals surface area contributed by atoms with Crippen molar-refractivity contribution in [1.29, 1.82) is 0 Å². The summed E-state index contributed by atoms with van der Waals surface area (Å²) in [4.78, 5) is 0. The maximum Gasteiger partial charge on any atom is 0.129 e. The Labute approximate surface area is 120 Å². The van der Waals surface area contributed by atoms with Crippen molar-refractivity contribution < 1.29 is 14.6 Å². The van der Waals surface area contributed by atoms with Gasteiger partial charge in [0.15, 0.2) is 0 Å². The molecule has 3 heteroatoms. The maximum atomic E-state index is 10.5. The molecule has 0 radical (unpaired) electrons. The first-order valence-corrected chi connectivity index (χ1v) is 7.77. The lowest BCUT2D eigenvalue weighted by Crippen LogP contribution is -2.41. The number of ether oxygens (including phenoxy) is 2. The molecule has 1 atom stereocenters. The number of rotatable bonds is 1. The highest BCUT2D eigenvalue weighted by molar-refractivity contribution is 5.44. The highest BCUT2D eigenvalue weighted by Gasteiger charge is 2.40. The zero-order valence-corrected chi connectivity index (χ0v) is 12.2. The van der Waals surface area contributed by atoms with Crippen molar-refractivity contribution in [3.05, 3.63) is 23.8 Å². The van der Waals surface area contributed by atoms with Crippen LogP contribution in [0, 0.1) is 0 Å².